The van der Waals surface area contributed by atoms with Crippen molar-refractivity contribution in [3.8, 4) is 5.69 Å². The Morgan fingerprint density at radius 2 is 0.982 bits per heavy atom. The molecule has 0 N–H and O–H groups in total. The van der Waals surface area contributed by atoms with Gasteiger partial charge in [0.2, 0.25) is 6.29 Å². The standard InChI is InChI=1S/C51H34N4/c1-53-43-23-10-9-21-41(43)50(39-22-12-16-32-13-2-5-17-36(32)39)52-51(53)55-45-30-27-35(31-42(45)49-38-19-7-4-15-34(38)26-29-47(49)55)54-44-24-11-8-20-40(44)48-37-18-6-3-14-33(37)25-28-46(48)54/h2-31,51H,1H3. The second-order valence-electron chi connectivity index (χ2n) is 14.8. The zero-order chi connectivity index (χ0) is 36.2. The smallest absolute Gasteiger partial charge is 0.203 e. The Morgan fingerprint density at radius 3 is 1.76 bits per heavy atom. The van der Waals surface area contributed by atoms with Crippen molar-refractivity contribution in [3.05, 3.63) is 193 Å². The van der Waals surface area contributed by atoms with Crippen LogP contribution in [0.2, 0.25) is 0 Å². The molecular weight excluding hydrogens is 669 g/mol. The van der Waals surface area contributed by atoms with Gasteiger partial charge in [0.1, 0.15) is 0 Å². The summed E-state index contributed by atoms with van der Waals surface area (Å²) in [5, 5.41) is 12.4. The molecule has 1 atom stereocenters. The zero-order valence-electron chi connectivity index (χ0n) is 30.2. The van der Waals surface area contributed by atoms with Gasteiger partial charge in [-0.15, -0.1) is 0 Å². The Hall–Kier alpha value is -7.17. The lowest BCUT2D eigenvalue weighted by Crippen LogP contribution is -2.33. The van der Waals surface area contributed by atoms with E-state index in [9.17, 15) is 0 Å². The summed E-state index contributed by atoms with van der Waals surface area (Å²) in [5.74, 6) is 0. The maximum Gasteiger partial charge on any atom is 0.203 e. The lowest BCUT2D eigenvalue weighted by atomic mass is 9.94. The van der Waals surface area contributed by atoms with Gasteiger partial charge >= 0.3 is 0 Å². The molecule has 4 heteroatoms. The van der Waals surface area contributed by atoms with E-state index in [0.717, 1.165) is 39.2 Å². The first-order chi connectivity index (χ1) is 27.2. The number of benzene rings is 9. The average molecular weight is 703 g/mol. The predicted octanol–water partition coefficient (Wildman–Crippen LogP) is 12.8. The van der Waals surface area contributed by atoms with Gasteiger partial charge in [-0.1, -0.05) is 140 Å². The van der Waals surface area contributed by atoms with Crippen molar-refractivity contribution < 1.29 is 0 Å². The lowest BCUT2D eigenvalue weighted by molar-refractivity contribution is 0.540. The largest absolute Gasteiger partial charge is 0.335 e. The molecule has 0 radical (unpaired) electrons. The molecule has 4 nitrogen and oxygen atoms in total. The monoisotopic (exact) mass is 702 g/mol. The summed E-state index contributed by atoms with van der Waals surface area (Å²) in [6.07, 6.45) is -0.324. The summed E-state index contributed by atoms with van der Waals surface area (Å²) >= 11 is 0. The van der Waals surface area contributed by atoms with Crippen molar-refractivity contribution in [2.75, 3.05) is 11.9 Å². The van der Waals surface area contributed by atoms with Gasteiger partial charge in [0.25, 0.3) is 0 Å². The fraction of sp³-hybridized carbons (Fsp3) is 0.0392. The Morgan fingerprint density at radius 1 is 0.418 bits per heavy atom. The number of aromatic nitrogens is 2. The van der Waals surface area contributed by atoms with Gasteiger partial charge in [0.05, 0.1) is 27.8 Å². The molecule has 0 spiro atoms. The molecule has 0 bridgehead atoms. The minimum atomic E-state index is -0.324. The highest BCUT2D eigenvalue weighted by molar-refractivity contribution is 6.25. The highest BCUT2D eigenvalue weighted by Crippen LogP contribution is 2.44. The van der Waals surface area contributed by atoms with E-state index in [2.05, 4.69) is 203 Å². The topological polar surface area (TPSA) is 25.5 Å². The normalized spacial score (nSPS) is 14.5. The van der Waals surface area contributed by atoms with Crippen LogP contribution >= 0.6 is 0 Å². The summed E-state index contributed by atoms with van der Waals surface area (Å²) < 4.78 is 4.91. The molecule has 12 rings (SSSR count). The van der Waals surface area contributed by atoms with Crippen LogP contribution in [0.25, 0.3) is 81.6 Å². The number of nitrogens with zero attached hydrogens (tertiary/aromatic N) is 4. The predicted molar refractivity (Wildman–Crippen MR) is 232 cm³/mol. The van der Waals surface area contributed by atoms with E-state index >= 15 is 0 Å². The Kier molecular flexibility index (Phi) is 6.29. The Bertz CT molecular complexity index is 3410. The zero-order valence-corrected chi connectivity index (χ0v) is 30.2. The molecule has 1 aliphatic heterocycles. The maximum atomic E-state index is 5.73. The van der Waals surface area contributed by atoms with Crippen molar-refractivity contribution in [1.82, 2.24) is 9.13 Å². The second-order valence-corrected chi connectivity index (χ2v) is 14.8. The molecule has 1 unspecified atom stereocenters. The molecule has 3 heterocycles. The van der Waals surface area contributed by atoms with E-state index in [1.807, 2.05) is 0 Å². The van der Waals surface area contributed by atoms with Gasteiger partial charge in [0.15, 0.2) is 0 Å². The van der Waals surface area contributed by atoms with Gasteiger partial charge in [-0.25, -0.2) is 4.99 Å². The van der Waals surface area contributed by atoms with Crippen LogP contribution < -0.4 is 4.90 Å². The molecule has 1 aliphatic rings. The van der Waals surface area contributed by atoms with Crippen LogP contribution in [0, 0.1) is 0 Å². The molecule has 0 amide bonds. The minimum Gasteiger partial charge on any atom is -0.335 e. The fourth-order valence-corrected chi connectivity index (χ4v) is 9.47. The summed E-state index contributed by atoms with van der Waals surface area (Å²) in [7, 11) is 2.18. The fourth-order valence-electron chi connectivity index (χ4n) is 9.47. The van der Waals surface area contributed by atoms with Crippen molar-refractivity contribution >= 4 is 87.3 Å². The number of para-hydroxylation sites is 2. The Balaban J connectivity index is 1.16. The van der Waals surface area contributed by atoms with E-state index in [4.69, 9.17) is 4.99 Å². The maximum absolute atomic E-state index is 5.73. The molecular formula is C51H34N4. The molecule has 0 aliphatic carbocycles. The van der Waals surface area contributed by atoms with Gasteiger partial charge in [-0.2, -0.15) is 0 Å². The van der Waals surface area contributed by atoms with Crippen LogP contribution in [-0.4, -0.2) is 21.9 Å². The van der Waals surface area contributed by atoms with Crippen LogP contribution in [0.15, 0.2) is 187 Å². The number of fused-ring (bicyclic) bond motifs is 12. The minimum absolute atomic E-state index is 0.324. The molecule has 11 aromatic rings. The number of hydrogen-bond donors (Lipinski definition) is 0. The molecule has 0 saturated heterocycles. The quantitative estimate of drug-likeness (QED) is 0.180. The molecule has 2 aromatic heterocycles. The molecule has 9 aromatic carbocycles. The van der Waals surface area contributed by atoms with E-state index < -0.39 is 0 Å². The van der Waals surface area contributed by atoms with Gasteiger partial charge in [-0.05, 0) is 74.8 Å². The second kappa shape index (κ2) is 11.4. The lowest BCUT2D eigenvalue weighted by Gasteiger charge is -2.35. The summed E-state index contributed by atoms with van der Waals surface area (Å²) in [6, 6.07) is 66.4. The first-order valence-corrected chi connectivity index (χ1v) is 19.0. The third-order valence-electron chi connectivity index (χ3n) is 11.9. The third-order valence-corrected chi connectivity index (χ3v) is 11.9. The van der Waals surface area contributed by atoms with E-state index in [1.165, 1.54) is 64.9 Å². The number of aliphatic imine (C=N–C) groups is 1. The summed E-state index contributed by atoms with van der Waals surface area (Å²) in [5.41, 5.74) is 10.3. The van der Waals surface area contributed by atoms with Crippen LogP contribution in [0.4, 0.5) is 5.69 Å². The third kappa shape index (κ3) is 4.25. The molecule has 0 fully saturated rings. The summed E-state index contributed by atoms with van der Waals surface area (Å²) in [4.78, 5) is 8.07. The Labute approximate surface area is 317 Å². The van der Waals surface area contributed by atoms with Gasteiger partial charge in [0, 0.05) is 51.1 Å². The number of anilines is 1. The van der Waals surface area contributed by atoms with E-state index in [0.29, 0.717) is 0 Å². The van der Waals surface area contributed by atoms with Crippen molar-refractivity contribution in [2.45, 2.75) is 6.29 Å². The first-order valence-electron chi connectivity index (χ1n) is 19.0. The highest BCUT2D eigenvalue weighted by Gasteiger charge is 2.31. The van der Waals surface area contributed by atoms with E-state index in [1.54, 1.807) is 0 Å². The number of rotatable bonds is 3. The van der Waals surface area contributed by atoms with Crippen LogP contribution in [0.3, 0.4) is 0 Å². The highest BCUT2D eigenvalue weighted by atomic mass is 15.4. The van der Waals surface area contributed by atoms with Crippen LogP contribution in [0.5, 0.6) is 0 Å². The average Bonchev–Trinajstić information content (AvgIpc) is 3.77. The molecule has 258 valence electrons. The summed E-state index contributed by atoms with van der Waals surface area (Å²) in [6.45, 7) is 0. The van der Waals surface area contributed by atoms with Gasteiger partial charge < -0.3 is 14.0 Å². The number of hydrogen-bond acceptors (Lipinski definition) is 2. The SMILES string of the molecule is CN1c2ccccc2C(c2cccc3ccccc23)=NC1n1c2ccc(-n3c4ccccc4c4c5ccccc5ccc43)cc2c2c3ccccc3ccc21. The van der Waals surface area contributed by atoms with E-state index in [-0.39, 0.29) is 6.29 Å². The van der Waals surface area contributed by atoms with Crippen molar-refractivity contribution in [2.24, 2.45) is 4.99 Å². The van der Waals surface area contributed by atoms with Crippen LogP contribution in [0.1, 0.15) is 17.4 Å². The van der Waals surface area contributed by atoms with Crippen molar-refractivity contribution in [3.63, 3.8) is 0 Å². The van der Waals surface area contributed by atoms with Crippen LogP contribution in [-0.2, 0) is 0 Å². The van der Waals surface area contributed by atoms with Crippen molar-refractivity contribution in [1.29, 1.82) is 0 Å². The first kappa shape index (κ1) is 30.3. The van der Waals surface area contributed by atoms with Gasteiger partial charge in [-0.3, -0.25) is 0 Å². The molecule has 55 heavy (non-hydrogen) atoms. The molecule has 0 saturated carbocycles.